The maximum absolute atomic E-state index is 9.89. The molecule has 24 heavy (non-hydrogen) atoms. The third-order valence-electron chi connectivity index (χ3n) is 4.14. The lowest BCUT2D eigenvalue weighted by atomic mass is 9.80. The SMILES string of the molecule is COc1cc(O)cc(OC)c1[C@@H](N1CCNCC1)C(C)(C)C.Cl.Cl. The predicted octanol–water partition coefficient (Wildman–Crippen LogP) is 3.25. The molecule has 0 spiro atoms. The van der Waals surface area contributed by atoms with Gasteiger partial charge >= 0.3 is 0 Å². The van der Waals surface area contributed by atoms with Crippen molar-refractivity contribution in [3.05, 3.63) is 17.7 Å². The van der Waals surface area contributed by atoms with E-state index >= 15 is 0 Å². The number of rotatable bonds is 4. The topological polar surface area (TPSA) is 54.0 Å². The Hall–Kier alpha value is -0.880. The van der Waals surface area contributed by atoms with Gasteiger partial charge in [-0.3, -0.25) is 4.90 Å². The van der Waals surface area contributed by atoms with Crippen LogP contribution in [-0.2, 0) is 0 Å². The van der Waals surface area contributed by atoms with E-state index in [9.17, 15) is 5.11 Å². The third-order valence-corrected chi connectivity index (χ3v) is 4.14. The van der Waals surface area contributed by atoms with Gasteiger partial charge in [-0.1, -0.05) is 20.8 Å². The minimum Gasteiger partial charge on any atom is -0.508 e. The predicted molar refractivity (Wildman–Crippen MR) is 102 cm³/mol. The van der Waals surface area contributed by atoms with Crippen LogP contribution in [0.4, 0.5) is 0 Å². The summed E-state index contributed by atoms with van der Waals surface area (Å²) in [4.78, 5) is 2.47. The van der Waals surface area contributed by atoms with Crippen LogP contribution in [0.15, 0.2) is 12.1 Å². The van der Waals surface area contributed by atoms with E-state index in [1.807, 2.05) is 0 Å². The van der Waals surface area contributed by atoms with E-state index in [4.69, 9.17) is 9.47 Å². The van der Waals surface area contributed by atoms with E-state index in [1.54, 1.807) is 26.4 Å². The number of ether oxygens (including phenoxy) is 2. The van der Waals surface area contributed by atoms with Crippen molar-refractivity contribution in [3.63, 3.8) is 0 Å². The molecule has 0 aromatic heterocycles. The minimum atomic E-state index is 0. The highest BCUT2D eigenvalue weighted by atomic mass is 35.5. The summed E-state index contributed by atoms with van der Waals surface area (Å²) in [5.74, 6) is 1.51. The van der Waals surface area contributed by atoms with Crippen LogP contribution in [0.3, 0.4) is 0 Å². The molecule has 0 amide bonds. The van der Waals surface area contributed by atoms with Crippen molar-refractivity contribution in [1.82, 2.24) is 10.2 Å². The van der Waals surface area contributed by atoms with Crippen LogP contribution in [0, 0.1) is 5.41 Å². The summed E-state index contributed by atoms with van der Waals surface area (Å²) in [6.07, 6.45) is 0. The first-order chi connectivity index (χ1) is 10.4. The summed E-state index contributed by atoms with van der Waals surface area (Å²) in [7, 11) is 3.27. The molecule has 1 aromatic rings. The molecule has 0 unspecified atom stereocenters. The van der Waals surface area contributed by atoms with E-state index in [0.29, 0.717) is 11.5 Å². The highest BCUT2D eigenvalue weighted by Gasteiger charge is 2.36. The Bertz CT molecular complexity index is 490. The summed E-state index contributed by atoms with van der Waals surface area (Å²) in [6.45, 7) is 10.6. The van der Waals surface area contributed by atoms with Crippen molar-refractivity contribution >= 4 is 24.8 Å². The van der Waals surface area contributed by atoms with E-state index in [1.165, 1.54) is 0 Å². The molecule has 1 saturated heterocycles. The zero-order valence-corrected chi connectivity index (χ0v) is 16.7. The Labute approximate surface area is 157 Å². The second-order valence-corrected chi connectivity index (χ2v) is 6.82. The highest BCUT2D eigenvalue weighted by Crippen LogP contribution is 2.47. The molecule has 2 N–H and O–H groups in total. The highest BCUT2D eigenvalue weighted by molar-refractivity contribution is 5.85. The second-order valence-electron chi connectivity index (χ2n) is 6.82. The number of piperazine rings is 1. The van der Waals surface area contributed by atoms with Crippen LogP contribution in [0.5, 0.6) is 17.2 Å². The molecule has 5 nitrogen and oxygen atoms in total. The largest absolute Gasteiger partial charge is 0.508 e. The first kappa shape index (κ1) is 23.1. The molecule has 1 aromatic carbocycles. The van der Waals surface area contributed by atoms with Crippen molar-refractivity contribution < 1.29 is 14.6 Å². The fourth-order valence-electron chi connectivity index (χ4n) is 3.30. The fourth-order valence-corrected chi connectivity index (χ4v) is 3.30. The van der Waals surface area contributed by atoms with Crippen LogP contribution in [0.2, 0.25) is 0 Å². The first-order valence-electron chi connectivity index (χ1n) is 7.78. The van der Waals surface area contributed by atoms with E-state index in [-0.39, 0.29) is 42.0 Å². The van der Waals surface area contributed by atoms with Gasteiger partial charge in [0.2, 0.25) is 0 Å². The Morgan fingerprint density at radius 1 is 1.04 bits per heavy atom. The first-order valence-corrected chi connectivity index (χ1v) is 7.78. The minimum absolute atomic E-state index is 0. The van der Waals surface area contributed by atoms with Gasteiger partial charge in [-0.2, -0.15) is 0 Å². The lowest BCUT2D eigenvalue weighted by Gasteiger charge is -2.43. The smallest absolute Gasteiger partial charge is 0.131 e. The molecule has 7 heteroatoms. The maximum Gasteiger partial charge on any atom is 0.131 e. The van der Waals surface area contributed by atoms with Crippen LogP contribution < -0.4 is 14.8 Å². The van der Waals surface area contributed by atoms with E-state index in [0.717, 1.165) is 31.7 Å². The van der Waals surface area contributed by atoms with Crippen LogP contribution in [-0.4, -0.2) is 50.4 Å². The Kier molecular flexibility index (Phi) is 9.21. The number of hydrogen-bond acceptors (Lipinski definition) is 5. The van der Waals surface area contributed by atoms with Gasteiger partial charge in [0.05, 0.1) is 19.8 Å². The van der Waals surface area contributed by atoms with Crippen LogP contribution in [0.1, 0.15) is 32.4 Å². The van der Waals surface area contributed by atoms with Crippen molar-refractivity contribution in [2.75, 3.05) is 40.4 Å². The third kappa shape index (κ3) is 5.06. The van der Waals surface area contributed by atoms with Crippen LogP contribution >= 0.6 is 24.8 Å². The molecule has 1 fully saturated rings. The second kappa shape index (κ2) is 9.56. The Morgan fingerprint density at radius 3 is 1.88 bits per heavy atom. The number of nitrogens with one attached hydrogen (secondary N) is 1. The van der Waals surface area contributed by atoms with E-state index in [2.05, 4.69) is 31.0 Å². The number of halogens is 2. The van der Waals surface area contributed by atoms with Crippen LogP contribution in [0.25, 0.3) is 0 Å². The van der Waals surface area contributed by atoms with Crippen molar-refractivity contribution in [2.24, 2.45) is 5.41 Å². The summed E-state index contributed by atoms with van der Waals surface area (Å²) in [6, 6.07) is 3.48. The standard InChI is InChI=1S/C17H28N2O3.2ClH/c1-17(2,3)16(19-8-6-18-7-9-19)15-13(21-4)10-12(20)11-14(15)22-5;;/h10-11,16,18,20H,6-9H2,1-5H3;2*1H/t16-;;/m1../s1. The fraction of sp³-hybridized carbons (Fsp3) is 0.647. The number of methoxy groups -OCH3 is 2. The zero-order chi connectivity index (χ0) is 16.3. The molecule has 0 saturated carbocycles. The van der Waals surface area contributed by atoms with Gasteiger partial charge in [0.15, 0.2) is 0 Å². The summed E-state index contributed by atoms with van der Waals surface area (Å²) < 4.78 is 11.1. The molecule has 1 aliphatic rings. The summed E-state index contributed by atoms with van der Waals surface area (Å²) >= 11 is 0. The van der Waals surface area contributed by atoms with Gasteiger partial charge in [0.25, 0.3) is 0 Å². The quantitative estimate of drug-likeness (QED) is 0.839. The summed E-state index contributed by atoms with van der Waals surface area (Å²) in [5, 5.41) is 13.3. The molecule has 1 aliphatic heterocycles. The van der Waals surface area contributed by atoms with Gasteiger partial charge in [0.1, 0.15) is 17.2 Å². The number of benzene rings is 1. The maximum atomic E-state index is 9.89. The molecule has 0 aliphatic carbocycles. The van der Waals surface area contributed by atoms with Gasteiger partial charge in [-0.05, 0) is 5.41 Å². The number of phenolic OH excluding ortho intramolecular Hbond substituents is 1. The lowest BCUT2D eigenvalue weighted by Crippen LogP contribution is -2.48. The van der Waals surface area contributed by atoms with Crippen molar-refractivity contribution in [1.29, 1.82) is 0 Å². The van der Waals surface area contributed by atoms with E-state index < -0.39 is 0 Å². The molecule has 140 valence electrons. The average molecular weight is 381 g/mol. The molecular weight excluding hydrogens is 351 g/mol. The van der Waals surface area contributed by atoms with Crippen molar-refractivity contribution in [3.8, 4) is 17.2 Å². The lowest BCUT2D eigenvalue weighted by molar-refractivity contribution is 0.0819. The van der Waals surface area contributed by atoms with Gasteiger partial charge in [0, 0.05) is 44.4 Å². The monoisotopic (exact) mass is 380 g/mol. The van der Waals surface area contributed by atoms with Gasteiger partial charge < -0.3 is 19.9 Å². The Morgan fingerprint density at radius 2 is 1.50 bits per heavy atom. The molecule has 0 bridgehead atoms. The Balaban J connectivity index is 0.00000264. The average Bonchev–Trinajstić information content (AvgIpc) is 2.48. The number of hydrogen-bond donors (Lipinski definition) is 2. The number of nitrogens with zero attached hydrogens (tertiary/aromatic N) is 1. The molecule has 2 rings (SSSR count). The normalized spacial score (nSPS) is 16.5. The number of aromatic hydroxyl groups is 1. The molecule has 0 radical (unpaired) electrons. The van der Waals surface area contributed by atoms with Crippen molar-refractivity contribution in [2.45, 2.75) is 26.8 Å². The summed E-state index contributed by atoms with van der Waals surface area (Å²) in [5.41, 5.74) is 1.02. The van der Waals surface area contributed by atoms with Gasteiger partial charge in [-0.25, -0.2) is 0 Å². The molecule has 1 heterocycles. The van der Waals surface area contributed by atoms with Gasteiger partial charge in [-0.15, -0.1) is 24.8 Å². The number of phenols is 1. The zero-order valence-electron chi connectivity index (χ0n) is 15.1. The molecule has 1 atom stereocenters. The molecular formula is C17H30Cl2N2O3.